The average molecular weight is 366 g/mol. The number of thioether (sulfide) groups is 1. The molecule has 0 amide bonds. The Bertz CT molecular complexity index is 878. The third kappa shape index (κ3) is 5.20. The molecule has 0 bridgehead atoms. The monoisotopic (exact) mass is 366 g/mol. The smallest absolute Gasteiger partial charge is 0.274 e. The molecule has 3 aromatic rings. The molecule has 5 nitrogen and oxygen atoms in total. The SMILES string of the molecule is CCCSCc1ccc(Nc2nnc(Cc3ccccc3)c(=O)[nH]2)cc1. The summed E-state index contributed by atoms with van der Waals surface area (Å²) in [7, 11) is 0. The Labute approximate surface area is 157 Å². The van der Waals surface area contributed by atoms with Gasteiger partial charge in [-0.2, -0.15) is 11.8 Å². The summed E-state index contributed by atoms with van der Waals surface area (Å²) in [5.41, 5.74) is 3.37. The van der Waals surface area contributed by atoms with Crippen LogP contribution in [0, 0.1) is 0 Å². The summed E-state index contributed by atoms with van der Waals surface area (Å²) in [6.45, 7) is 2.19. The van der Waals surface area contributed by atoms with Crippen LogP contribution in [0.15, 0.2) is 59.4 Å². The normalized spacial score (nSPS) is 10.7. The number of aromatic amines is 1. The molecule has 2 N–H and O–H groups in total. The van der Waals surface area contributed by atoms with E-state index in [1.54, 1.807) is 0 Å². The van der Waals surface area contributed by atoms with E-state index >= 15 is 0 Å². The third-order valence-electron chi connectivity index (χ3n) is 3.81. The number of hydrogen-bond donors (Lipinski definition) is 2. The first-order valence-electron chi connectivity index (χ1n) is 8.68. The molecule has 3 rings (SSSR count). The lowest BCUT2D eigenvalue weighted by molar-refractivity contribution is 0.874. The molecular formula is C20H22N4OS. The second-order valence-corrected chi connectivity index (χ2v) is 7.09. The highest BCUT2D eigenvalue weighted by molar-refractivity contribution is 7.98. The molecule has 0 aliphatic carbocycles. The Morgan fingerprint density at radius 1 is 1.00 bits per heavy atom. The molecule has 0 unspecified atom stereocenters. The van der Waals surface area contributed by atoms with E-state index in [2.05, 4.69) is 39.6 Å². The van der Waals surface area contributed by atoms with Crippen LogP contribution in [0.2, 0.25) is 0 Å². The van der Waals surface area contributed by atoms with Crippen molar-refractivity contribution in [1.82, 2.24) is 15.2 Å². The van der Waals surface area contributed by atoms with E-state index in [4.69, 9.17) is 0 Å². The van der Waals surface area contributed by atoms with Crippen molar-refractivity contribution < 1.29 is 0 Å². The molecule has 134 valence electrons. The van der Waals surface area contributed by atoms with Crippen LogP contribution in [0.25, 0.3) is 0 Å². The van der Waals surface area contributed by atoms with Gasteiger partial charge in [-0.1, -0.05) is 49.4 Å². The molecule has 2 aromatic carbocycles. The van der Waals surface area contributed by atoms with Gasteiger partial charge in [0.2, 0.25) is 5.95 Å². The van der Waals surface area contributed by atoms with Crippen molar-refractivity contribution >= 4 is 23.4 Å². The van der Waals surface area contributed by atoms with Crippen molar-refractivity contribution in [3.63, 3.8) is 0 Å². The predicted octanol–water partition coefficient (Wildman–Crippen LogP) is 4.14. The molecule has 0 fully saturated rings. The summed E-state index contributed by atoms with van der Waals surface area (Å²) >= 11 is 1.93. The van der Waals surface area contributed by atoms with Crippen LogP contribution in [0.1, 0.15) is 30.2 Å². The van der Waals surface area contributed by atoms with E-state index in [0.29, 0.717) is 18.1 Å². The summed E-state index contributed by atoms with van der Waals surface area (Å²) < 4.78 is 0. The molecule has 26 heavy (non-hydrogen) atoms. The van der Waals surface area contributed by atoms with Crippen molar-refractivity contribution in [2.45, 2.75) is 25.5 Å². The van der Waals surface area contributed by atoms with Crippen LogP contribution in [0.5, 0.6) is 0 Å². The molecule has 0 saturated heterocycles. The lowest BCUT2D eigenvalue weighted by atomic mass is 10.1. The van der Waals surface area contributed by atoms with Crippen molar-refractivity contribution in [1.29, 1.82) is 0 Å². The van der Waals surface area contributed by atoms with E-state index in [1.807, 2.05) is 54.2 Å². The minimum absolute atomic E-state index is 0.223. The Morgan fingerprint density at radius 3 is 2.46 bits per heavy atom. The minimum atomic E-state index is -0.223. The maximum absolute atomic E-state index is 12.2. The number of rotatable bonds is 8. The Balaban J connectivity index is 1.63. The van der Waals surface area contributed by atoms with Gasteiger partial charge in [-0.3, -0.25) is 9.78 Å². The zero-order valence-corrected chi connectivity index (χ0v) is 15.6. The fraction of sp³-hybridized carbons (Fsp3) is 0.250. The Kier molecular flexibility index (Phi) is 6.44. The highest BCUT2D eigenvalue weighted by atomic mass is 32.2. The molecule has 1 aromatic heterocycles. The van der Waals surface area contributed by atoms with Gasteiger partial charge in [-0.05, 0) is 35.4 Å². The van der Waals surface area contributed by atoms with Crippen LogP contribution in [-0.2, 0) is 12.2 Å². The number of nitrogens with one attached hydrogen (secondary N) is 2. The number of aromatic nitrogens is 3. The number of anilines is 2. The van der Waals surface area contributed by atoms with Crippen LogP contribution >= 0.6 is 11.8 Å². The van der Waals surface area contributed by atoms with Gasteiger partial charge in [0.05, 0.1) is 0 Å². The van der Waals surface area contributed by atoms with Crippen LogP contribution in [0.4, 0.5) is 11.6 Å². The highest BCUT2D eigenvalue weighted by Crippen LogP contribution is 2.17. The van der Waals surface area contributed by atoms with Gasteiger partial charge in [-0.25, -0.2) is 0 Å². The van der Waals surface area contributed by atoms with Crippen molar-refractivity contribution in [3.05, 3.63) is 81.8 Å². The van der Waals surface area contributed by atoms with Crippen LogP contribution < -0.4 is 10.9 Å². The van der Waals surface area contributed by atoms with Crippen molar-refractivity contribution in [3.8, 4) is 0 Å². The molecule has 0 spiro atoms. The highest BCUT2D eigenvalue weighted by Gasteiger charge is 2.06. The quantitative estimate of drug-likeness (QED) is 0.586. The van der Waals surface area contributed by atoms with Crippen LogP contribution in [-0.4, -0.2) is 20.9 Å². The zero-order chi connectivity index (χ0) is 18.2. The van der Waals surface area contributed by atoms with Gasteiger partial charge in [-0.15, -0.1) is 10.2 Å². The molecule has 6 heteroatoms. The van der Waals surface area contributed by atoms with E-state index in [-0.39, 0.29) is 5.56 Å². The summed E-state index contributed by atoms with van der Waals surface area (Å²) in [4.78, 5) is 15.0. The number of nitrogens with zero attached hydrogens (tertiary/aromatic N) is 2. The van der Waals surface area contributed by atoms with Gasteiger partial charge in [0.15, 0.2) is 0 Å². The van der Waals surface area contributed by atoms with E-state index < -0.39 is 0 Å². The standard InChI is InChI=1S/C20H22N4OS/c1-2-12-26-14-16-8-10-17(11-9-16)21-20-22-19(25)18(23-24-20)13-15-6-4-3-5-7-15/h3-11H,2,12-14H2,1H3,(H2,21,22,24,25). The lowest BCUT2D eigenvalue weighted by Crippen LogP contribution is -2.18. The Morgan fingerprint density at radius 2 is 1.77 bits per heavy atom. The average Bonchev–Trinajstić information content (AvgIpc) is 2.66. The van der Waals surface area contributed by atoms with E-state index in [0.717, 1.165) is 17.0 Å². The zero-order valence-electron chi connectivity index (χ0n) is 14.7. The molecule has 0 aliphatic heterocycles. The predicted molar refractivity (Wildman–Crippen MR) is 108 cm³/mol. The van der Waals surface area contributed by atoms with E-state index in [1.165, 1.54) is 17.7 Å². The van der Waals surface area contributed by atoms with Crippen molar-refractivity contribution in [2.75, 3.05) is 11.1 Å². The summed E-state index contributed by atoms with van der Waals surface area (Å²) in [5.74, 6) is 2.53. The Hall–Kier alpha value is -2.60. The largest absolute Gasteiger partial charge is 0.324 e. The second-order valence-electron chi connectivity index (χ2n) is 5.99. The third-order valence-corrected chi connectivity index (χ3v) is 5.05. The second kappa shape index (κ2) is 9.20. The maximum Gasteiger partial charge on any atom is 0.274 e. The van der Waals surface area contributed by atoms with E-state index in [9.17, 15) is 4.79 Å². The fourth-order valence-electron chi connectivity index (χ4n) is 2.48. The maximum atomic E-state index is 12.2. The van der Waals surface area contributed by atoms with Gasteiger partial charge in [0.1, 0.15) is 5.69 Å². The lowest BCUT2D eigenvalue weighted by Gasteiger charge is -2.07. The minimum Gasteiger partial charge on any atom is -0.324 e. The molecule has 0 radical (unpaired) electrons. The van der Waals surface area contributed by atoms with Crippen molar-refractivity contribution in [2.24, 2.45) is 0 Å². The topological polar surface area (TPSA) is 70.7 Å². The first kappa shape index (κ1) is 18.2. The number of benzene rings is 2. The first-order chi connectivity index (χ1) is 12.7. The van der Waals surface area contributed by atoms with Gasteiger partial charge in [0, 0.05) is 17.9 Å². The summed E-state index contributed by atoms with van der Waals surface area (Å²) in [6, 6.07) is 17.9. The summed E-state index contributed by atoms with van der Waals surface area (Å²) in [6.07, 6.45) is 1.66. The molecular weight excluding hydrogens is 344 g/mol. The molecule has 0 saturated carbocycles. The summed E-state index contributed by atoms with van der Waals surface area (Å²) in [5, 5.41) is 11.3. The van der Waals surface area contributed by atoms with Gasteiger partial charge in [0.25, 0.3) is 5.56 Å². The van der Waals surface area contributed by atoms with Gasteiger partial charge >= 0.3 is 0 Å². The number of hydrogen-bond acceptors (Lipinski definition) is 5. The van der Waals surface area contributed by atoms with Gasteiger partial charge < -0.3 is 5.32 Å². The molecule has 0 aliphatic rings. The fourth-order valence-corrected chi connectivity index (χ4v) is 3.34. The van der Waals surface area contributed by atoms with Crippen LogP contribution in [0.3, 0.4) is 0 Å². The number of H-pyrrole nitrogens is 1. The molecule has 0 atom stereocenters. The first-order valence-corrected chi connectivity index (χ1v) is 9.83. The molecule has 1 heterocycles.